The smallest absolute Gasteiger partial charge is 0.148 e. The number of aliphatic hydroxyl groups is 1. The number of benzene rings is 1. The summed E-state index contributed by atoms with van der Waals surface area (Å²) in [4.78, 5) is 2.25. The predicted molar refractivity (Wildman–Crippen MR) is 88.6 cm³/mol. The highest BCUT2D eigenvalue weighted by atomic mass is 32.2. The van der Waals surface area contributed by atoms with E-state index < -0.39 is 15.9 Å². The lowest BCUT2D eigenvalue weighted by Gasteiger charge is -2.30. The molecule has 0 amide bonds. The van der Waals surface area contributed by atoms with E-state index in [0.717, 1.165) is 19.5 Å². The Morgan fingerprint density at radius 3 is 2.68 bits per heavy atom. The zero-order valence-electron chi connectivity index (χ0n) is 13.3. The molecule has 0 radical (unpaired) electrons. The number of nitrogens with one attached hydrogen (secondary N) is 1. The summed E-state index contributed by atoms with van der Waals surface area (Å²) in [6, 6.07) is 8.27. The molecule has 124 valence electrons. The first-order valence-electron chi connectivity index (χ1n) is 7.72. The Kier molecular flexibility index (Phi) is 5.97. The molecule has 2 atom stereocenters. The summed E-state index contributed by atoms with van der Waals surface area (Å²) in [6.07, 6.45) is 1.75. The summed E-state index contributed by atoms with van der Waals surface area (Å²) in [6.45, 7) is 4.66. The van der Waals surface area contributed by atoms with Gasteiger partial charge < -0.3 is 10.4 Å². The van der Waals surface area contributed by atoms with E-state index in [9.17, 15) is 13.5 Å². The maximum atomic E-state index is 11.2. The average molecular weight is 326 g/mol. The second-order valence-corrected chi connectivity index (χ2v) is 8.49. The zero-order chi connectivity index (χ0) is 16.2. The molecule has 22 heavy (non-hydrogen) atoms. The molecule has 5 nitrogen and oxygen atoms in total. The van der Waals surface area contributed by atoms with Crippen LogP contribution in [0.5, 0.6) is 0 Å². The summed E-state index contributed by atoms with van der Waals surface area (Å²) >= 11 is 0. The number of aliphatic hydroxyl groups excluding tert-OH is 1. The van der Waals surface area contributed by atoms with Crippen molar-refractivity contribution in [2.75, 3.05) is 31.6 Å². The fraction of sp³-hybridized carbons (Fsp3) is 0.625. The Bertz CT molecular complexity index is 589. The third-order valence-corrected chi connectivity index (χ3v) is 5.04. The van der Waals surface area contributed by atoms with Gasteiger partial charge in [0.2, 0.25) is 0 Å². The number of hydrogen-bond acceptors (Lipinski definition) is 5. The van der Waals surface area contributed by atoms with Crippen LogP contribution in [0.4, 0.5) is 0 Å². The molecular formula is C16H26N2O3S. The third-order valence-electron chi connectivity index (χ3n) is 3.93. The zero-order valence-corrected chi connectivity index (χ0v) is 14.1. The predicted octanol–water partition coefficient (Wildman–Crippen LogP) is 0.428. The average Bonchev–Trinajstić information content (AvgIpc) is 2.43. The molecule has 0 saturated carbocycles. The first-order valence-corrected chi connectivity index (χ1v) is 9.78. The monoisotopic (exact) mass is 326 g/mol. The largest absolute Gasteiger partial charge is 0.390 e. The molecule has 1 aliphatic rings. The quantitative estimate of drug-likeness (QED) is 0.760. The molecule has 0 saturated heterocycles. The van der Waals surface area contributed by atoms with E-state index >= 15 is 0 Å². The van der Waals surface area contributed by atoms with Gasteiger partial charge in [-0.25, -0.2) is 8.42 Å². The van der Waals surface area contributed by atoms with Gasteiger partial charge in [-0.1, -0.05) is 24.3 Å². The Balaban J connectivity index is 1.75. The van der Waals surface area contributed by atoms with Crippen LogP contribution in [0.2, 0.25) is 0 Å². The molecule has 6 heteroatoms. The van der Waals surface area contributed by atoms with Crippen molar-refractivity contribution in [3.05, 3.63) is 35.4 Å². The number of β-amino-alcohol motifs (C(OH)–C–C–N with tert-alkyl or cyclic N) is 1. The maximum Gasteiger partial charge on any atom is 0.148 e. The second-order valence-electron chi connectivity index (χ2n) is 6.31. The summed E-state index contributed by atoms with van der Waals surface area (Å²) in [5.41, 5.74) is 2.73. The highest BCUT2D eigenvalue weighted by molar-refractivity contribution is 7.90. The van der Waals surface area contributed by atoms with Crippen LogP contribution in [0.15, 0.2) is 24.3 Å². The van der Waals surface area contributed by atoms with Crippen molar-refractivity contribution in [3.63, 3.8) is 0 Å². The molecule has 2 N–H and O–H groups in total. The lowest BCUT2D eigenvalue weighted by molar-refractivity contribution is 0.103. The molecule has 0 aliphatic carbocycles. The van der Waals surface area contributed by atoms with E-state index in [1.807, 2.05) is 13.0 Å². The third kappa shape index (κ3) is 5.68. The Morgan fingerprint density at radius 2 is 2.00 bits per heavy atom. The number of sulfone groups is 1. The molecule has 0 fully saturated rings. The van der Waals surface area contributed by atoms with Crippen LogP contribution in [-0.4, -0.2) is 62.2 Å². The molecule has 0 aromatic heterocycles. The minimum absolute atomic E-state index is 0.0941. The van der Waals surface area contributed by atoms with Gasteiger partial charge in [0.15, 0.2) is 0 Å². The summed E-state index contributed by atoms with van der Waals surface area (Å²) in [5.74, 6) is 0.0941. The van der Waals surface area contributed by atoms with E-state index in [1.54, 1.807) is 0 Å². The van der Waals surface area contributed by atoms with E-state index in [-0.39, 0.29) is 11.8 Å². The van der Waals surface area contributed by atoms with Gasteiger partial charge in [-0.2, -0.15) is 0 Å². The van der Waals surface area contributed by atoms with Crippen molar-refractivity contribution in [2.24, 2.45) is 0 Å². The molecule has 2 rings (SSSR count). The highest BCUT2D eigenvalue weighted by Gasteiger charge is 2.19. The van der Waals surface area contributed by atoms with Gasteiger partial charge >= 0.3 is 0 Å². The molecular weight excluding hydrogens is 300 g/mol. The fourth-order valence-electron chi connectivity index (χ4n) is 2.92. The Hall–Kier alpha value is -0.950. The molecule has 0 spiro atoms. The van der Waals surface area contributed by atoms with Crippen molar-refractivity contribution in [1.82, 2.24) is 10.2 Å². The van der Waals surface area contributed by atoms with Gasteiger partial charge in [-0.05, 0) is 24.5 Å². The van der Waals surface area contributed by atoms with Crippen LogP contribution in [0, 0.1) is 0 Å². The molecule has 1 aromatic carbocycles. The van der Waals surface area contributed by atoms with E-state index in [4.69, 9.17) is 0 Å². The van der Waals surface area contributed by atoms with Gasteiger partial charge in [0.1, 0.15) is 9.84 Å². The maximum absolute atomic E-state index is 11.2. The van der Waals surface area contributed by atoms with Crippen LogP contribution in [0.1, 0.15) is 18.1 Å². The number of hydrogen-bond donors (Lipinski definition) is 2. The fourth-order valence-corrected chi connectivity index (χ4v) is 3.95. The van der Waals surface area contributed by atoms with Crippen molar-refractivity contribution in [3.8, 4) is 0 Å². The molecule has 1 heterocycles. The Labute approximate surface area is 133 Å². The SMILES string of the molecule is CC(CS(C)(=O)=O)NCC(O)CN1CCc2ccccc2C1. The number of fused-ring (bicyclic) bond motifs is 1. The first-order chi connectivity index (χ1) is 10.3. The Morgan fingerprint density at radius 1 is 1.32 bits per heavy atom. The normalized spacial score (nSPS) is 18.7. The van der Waals surface area contributed by atoms with Crippen molar-refractivity contribution in [2.45, 2.75) is 32.0 Å². The lowest BCUT2D eigenvalue weighted by atomic mass is 10.00. The minimum Gasteiger partial charge on any atom is -0.390 e. The van der Waals surface area contributed by atoms with Gasteiger partial charge in [-0.15, -0.1) is 0 Å². The van der Waals surface area contributed by atoms with Crippen LogP contribution in [-0.2, 0) is 22.8 Å². The van der Waals surface area contributed by atoms with Gasteiger partial charge in [-0.3, -0.25) is 4.90 Å². The molecule has 2 unspecified atom stereocenters. The standard InChI is InChI=1S/C16H26N2O3S/c1-13(12-22(2,20)21)17-9-16(19)11-18-8-7-14-5-3-4-6-15(14)10-18/h3-6,13,16-17,19H,7-12H2,1-2H3. The van der Waals surface area contributed by atoms with Gasteiger partial charge in [0, 0.05) is 38.5 Å². The van der Waals surface area contributed by atoms with Crippen LogP contribution < -0.4 is 5.32 Å². The van der Waals surface area contributed by atoms with Crippen LogP contribution in [0.25, 0.3) is 0 Å². The van der Waals surface area contributed by atoms with Crippen molar-refractivity contribution >= 4 is 9.84 Å². The summed E-state index contributed by atoms with van der Waals surface area (Å²) in [7, 11) is -2.99. The number of nitrogens with zero attached hydrogens (tertiary/aromatic N) is 1. The molecule has 1 aromatic rings. The topological polar surface area (TPSA) is 69.6 Å². The van der Waals surface area contributed by atoms with Crippen LogP contribution in [0.3, 0.4) is 0 Å². The molecule has 1 aliphatic heterocycles. The van der Waals surface area contributed by atoms with Gasteiger partial charge in [0.05, 0.1) is 11.9 Å². The first kappa shape index (κ1) is 17.4. The van der Waals surface area contributed by atoms with E-state index in [0.29, 0.717) is 13.1 Å². The summed E-state index contributed by atoms with van der Waals surface area (Å²) < 4.78 is 22.4. The second kappa shape index (κ2) is 7.55. The minimum atomic E-state index is -2.99. The van der Waals surface area contributed by atoms with E-state index in [1.165, 1.54) is 17.4 Å². The van der Waals surface area contributed by atoms with Gasteiger partial charge in [0.25, 0.3) is 0 Å². The number of rotatable bonds is 7. The molecule has 0 bridgehead atoms. The lowest BCUT2D eigenvalue weighted by Crippen LogP contribution is -2.43. The highest BCUT2D eigenvalue weighted by Crippen LogP contribution is 2.18. The van der Waals surface area contributed by atoms with Crippen molar-refractivity contribution < 1.29 is 13.5 Å². The van der Waals surface area contributed by atoms with E-state index in [2.05, 4.69) is 28.4 Å². The van der Waals surface area contributed by atoms with Crippen LogP contribution >= 0.6 is 0 Å². The van der Waals surface area contributed by atoms with Crippen molar-refractivity contribution in [1.29, 1.82) is 0 Å². The summed E-state index contributed by atoms with van der Waals surface area (Å²) in [5, 5.41) is 13.2.